The van der Waals surface area contributed by atoms with E-state index in [0.29, 0.717) is 5.92 Å². The van der Waals surface area contributed by atoms with Crippen LogP contribution in [-0.4, -0.2) is 19.3 Å². The summed E-state index contributed by atoms with van der Waals surface area (Å²) in [7, 11) is 0. The van der Waals surface area contributed by atoms with Crippen molar-refractivity contribution in [2.75, 3.05) is 0 Å². The third kappa shape index (κ3) is 4.94. The lowest BCUT2D eigenvalue weighted by atomic mass is 9.98. The standard InChI is InChI=1S/C39H36N4O/c1-6-28-16-17-40-38(18-28)43-36-13-8-7-12-34(36)35-15-14-32(22-37(35)43)44-33-20-29(25(2)3)19-31(21-33)42-24-30(23-41-42)39-26(4)10-9-11-27(39)5/h7-25H,6H2,1-5H3. The molecule has 5 nitrogen and oxygen atoms in total. The molecule has 3 heterocycles. The van der Waals surface area contributed by atoms with Crippen LogP contribution >= 0.6 is 0 Å². The molecule has 0 bridgehead atoms. The zero-order chi connectivity index (χ0) is 30.4. The van der Waals surface area contributed by atoms with E-state index in [-0.39, 0.29) is 0 Å². The van der Waals surface area contributed by atoms with Gasteiger partial charge >= 0.3 is 0 Å². The smallest absolute Gasteiger partial charge is 0.137 e. The number of ether oxygens (including phenoxy) is 1. The summed E-state index contributed by atoms with van der Waals surface area (Å²) < 4.78 is 10.8. The number of hydrogen-bond donors (Lipinski definition) is 0. The van der Waals surface area contributed by atoms with Crippen molar-refractivity contribution in [1.29, 1.82) is 0 Å². The average Bonchev–Trinajstić information content (AvgIpc) is 3.64. The number of fused-ring (bicyclic) bond motifs is 3. The fraction of sp³-hybridized carbons (Fsp3) is 0.179. The van der Waals surface area contributed by atoms with Crippen molar-refractivity contribution in [3.63, 3.8) is 0 Å². The number of rotatable bonds is 7. The topological polar surface area (TPSA) is 44.9 Å². The molecule has 44 heavy (non-hydrogen) atoms. The summed E-state index contributed by atoms with van der Waals surface area (Å²) in [6.07, 6.45) is 6.92. The average molecular weight is 577 g/mol. The number of para-hydroxylation sites is 1. The highest BCUT2D eigenvalue weighted by Crippen LogP contribution is 2.36. The third-order valence-corrected chi connectivity index (χ3v) is 8.53. The zero-order valence-corrected chi connectivity index (χ0v) is 25.9. The van der Waals surface area contributed by atoms with Crippen LogP contribution in [0.25, 0.3) is 44.4 Å². The summed E-state index contributed by atoms with van der Waals surface area (Å²) in [5.74, 6) is 2.79. The van der Waals surface area contributed by atoms with Gasteiger partial charge in [0.2, 0.25) is 0 Å². The molecule has 7 aromatic rings. The van der Waals surface area contributed by atoms with E-state index >= 15 is 0 Å². The summed E-state index contributed by atoms with van der Waals surface area (Å²) in [5, 5.41) is 7.13. The van der Waals surface area contributed by atoms with Gasteiger partial charge in [-0.05, 0) is 96.5 Å². The van der Waals surface area contributed by atoms with Gasteiger partial charge in [0.15, 0.2) is 0 Å². The molecular weight excluding hydrogens is 540 g/mol. The Bertz CT molecular complexity index is 2130. The van der Waals surface area contributed by atoms with Crippen LogP contribution in [0.1, 0.15) is 48.9 Å². The molecule has 0 radical (unpaired) electrons. The van der Waals surface area contributed by atoms with E-state index in [4.69, 9.17) is 14.8 Å². The van der Waals surface area contributed by atoms with Gasteiger partial charge < -0.3 is 4.74 Å². The van der Waals surface area contributed by atoms with Crippen molar-refractivity contribution in [2.24, 2.45) is 0 Å². The number of aryl methyl sites for hydroxylation is 3. The molecule has 218 valence electrons. The summed E-state index contributed by atoms with van der Waals surface area (Å²) in [4.78, 5) is 4.77. The molecule has 0 N–H and O–H groups in total. The summed E-state index contributed by atoms with van der Waals surface area (Å²) in [6, 6.07) is 31.9. The van der Waals surface area contributed by atoms with Gasteiger partial charge in [-0.1, -0.05) is 57.2 Å². The lowest BCUT2D eigenvalue weighted by Crippen LogP contribution is -1.99. The summed E-state index contributed by atoms with van der Waals surface area (Å²) >= 11 is 0. The van der Waals surface area contributed by atoms with Crippen LogP contribution in [0.5, 0.6) is 11.5 Å². The lowest BCUT2D eigenvalue weighted by Gasteiger charge is -2.14. The normalized spacial score (nSPS) is 11.6. The number of pyridine rings is 1. The van der Waals surface area contributed by atoms with E-state index in [0.717, 1.165) is 46.0 Å². The second-order valence-corrected chi connectivity index (χ2v) is 11.9. The van der Waals surface area contributed by atoms with Crippen LogP contribution in [0.2, 0.25) is 0 Å². The Balaban J connectivity index is 1.31. The molecule has 5 heteroatoms. The minimum atomic E-state index is 0.327. The highest BCUT2D eigenvalue weighted by atomic mass is 16.5. The molecule has 0 saturated carbocycles. The maximum atomic E-state index is 6.63. The van der Waals surface area contributed by atoms with Gasteiger partial charge in [-0.15, -0.1) is 0 Å². The Morgan fingerprint density at radius 2 is 1.57 bits per heavy atom. The Morgan fingerprint density at radius 3 is 2.36 bits per heavy atom. The van der Waals surface area contributed by atoms with E-state index in [1.165, 1.54) is 38.6 Å². The molecule has 7 rings (SSSR count). The van der Waals surface area contributed by atoms with E-state index in [1.807, 2.05) is 17.1 Å². The highest BCUT2D eigenvalue weighted by molar-refractivity contribution is 6.09. The Labute approximate surface area is 258 Å². The van der Waals surface area contributed by atoms with E-state index in [1.54, 1.807) is 0 Å². The first kappa shape index (κ1) is 27.7. The van der Waals surface area contributed by atoms with Crippen molar-refractivity contribution < 1.29 is 4.74 Å². The summed E-state index contributed by atoms with van der Waals surface area (Å²) in [5.41, 5.74) is 10.4. The van der Waals surface area contributed by atoms with Crippen molar-refractivity contribution in [3.8, 4) is 34.1 Å². The molecule has 0 aliphatic rings. The van der Waals surface area contributed by atoms with Crippen molar-refractivity contribution in [2.45, 2.75) is 47.0 Å². The minimum absolute atomic E-state index is 0.327. The molecule has 3 aromatic heterocycles. The Kier molecular flexibility index (Phi) is 7.01. The zero-order valence-electron chi connectivity index (χ0n) is 25.9. The molecule has 4 aromatic carbocycles. The van der Waals surface area contributed by atoms with Crippen LogP contribution in [0.3, 0.4) is 0 Å². The lowest BCUT2D eigenvalue weighted by molar-refractivity contribution is 0.481. The van der Waals surface area contributed by atoms with Crippen molar-refractivity contribution in [3.05, 3.63) is 132 Å². The Hall–Kier alpha value is -5.16. The second-order valence-electron chi connectivity index (χ2n) is 11.9. The van der Waals surface area contributed by atoms with Gasteiger partial charge in [0.25, 0.3) is 0 Å². The molecule has 0 unspecified atom stereocenters. The van der Waals surface area contributed by atoms with E-state index < -0.39 is 0 Å². The molecule has 0 spiro atoms. The van der Waals surface area contributed by atoms with Crippen molar-refractivity contribution >= 4 is 21.8 Å². The maximum Gasteiger partial charge on any atom is 0.137 e. The highest BCUT2D eigenvalue weighted by Gasteiger charge is 2.16. The summed E-state index contributed by atoms with van der Waals surface area (Å²) in [6.45, 7) is 10.9. The SMILES string of the molecule is CCc1ccnc(-n2c3ccccc3c3ccc(Oc4cc(C(C)C)cc(-n5cc(-c6c(C)cccc6C)cn5)c4)cc32)c1. The van der Waals surface area contributed by atoms with Crippen LogP contribution in [0.4, 0.5) is 0 Å². The largest absolute Gasteiger partial charge is 0.457 e. The van der Waals surface area contributed by atoms with Crippen LogP contribution in [-0.2, 0) is 6.42 Å². The monoisotopic (exact) mass is 576 g/mol. The van der Waals surface area contributed by atoms with Gasteiger partial charge in [0, 0.05) is 40.9 Å². The van der Waals surface area contributed by atoms with E-state index in [2.05, 4.69) is 136 Å². The fourth-order valence-electron chi connectivity index (χ4n) is 6.19. The van der Waals surface area contributed by atoms with Crippen molar-refractivity contribution in [1.82, 2.24) is 19.3 Å². The first-order chi connectivity index (χ1) is 21.4. The second kappa shape index (κ2) is 11.2. The fourth-order valence-corrected chi connectivity index (χ4v) is 6.19. The third-order valence-electron chi connectivity index (χ3n) is 8.53. The van der Waals surface area contributed by atoms with E-state index in [9.17, 15) is 0 Å². The van der Waals surface area contributed by atoms with Gasteiger partial charge in [-0.2, -0.15) is 5.10 Å². The van der Waals surface area contributed by atoms with Gasteiger partial charge in [0.1, 0.15) is 17.3 Å². The van der Waals surface area contributed by atoms with Crippen LogP contribution in [0.15, 0.2) is 110 Å². The number of benzene rings is 4. The van der Waals surface area contributed by atoms with Gasteiger partial charge in [0.05, 0.1) is 22.9 Å². The number of aromatic nitrogens is 4. The quantitative estimate of drug-likeness (QED) is 0.190. The molecule has 0 atom stereocenters. The van der Waals surface area contributed by atoms with Crippen LogP contribution in [0, 0.1) is 13.8 Å². The molecule has 0 fully saturated rings. The Morgan fingerprint density at radius 1 is 0.773 bits per heavy atom. The molecule has 0 aliphatic heterocycles. The molecule has 0 saturated heterocycles. The molecule has 0 amide bonds. The first-order valence-corrected chi connectivity index (χ1v) is 15.3. The molecule has 0 aliphatic carbocycles. The molecular formula is C39H36N4O. The van der Waals surface area contributed by atoms with Gasteiger partial charge in [-0.25, -0.2) is 9.67 Å². The minimum Gasteiger partial charge on any atom is -0.457 e. The van der Waals surface area contributed by atoms with Gasteiger partial charge in [-0.3, -0.25) is 4.57 Å². The number of nitrogens with zero attached hydrogens (tertiary/aromatic N) is 4. The predicted octanol–water partition coefficient (Wildman–Crippen LogP) is 10.1. The maximum absolute atomic E-state index is 6.63. The predicted molar refractivity (Wildman–Crippen MR) is 181 cm³/mol. The number of hydrogen-bond acceptors (Lipinski definition) is 3. The first-order valence-electron chi connectivity index (χ1n) is 15.3. The van der Waals surface area contributed by atoms with Crippen LogP contribution < -0.4 is 4.74 Å².